The van der Waals surface area contributed by atoms with Crippen molar-refractivity contribution in [2.45, 2.75) is 13.2 Å². The topological polar surface area (TPSA) is 36.9 Å². The fraction of sp³-hybridized carbons (Fsp3) is 0.316. The molecule has 4 nitrogen and oxygen atoms in total. The van der Waals surface area contributed by atoms with Gasteiger partial charge in [-0.05, 0) is 29.3 Å². The Hall–Kier alpha value is -2.33. The molecule has 3 rings (SSSR count). The molecule has 1 heterocycles. The van der Waals surface area contributed by atoms with Crippen molar-refractivity contribution in [1.82, 2.24) is 5.32 Å². The zero-order valence-electron chi connectivity index (χ0n) is 13.7. The Morgan fingerprint density at radius 3 is 2.52 bits per heavy atom. The van der Waals surface area contributed by atoms with Gasteiger partial charge in [0.05, 0.1) is 19.8 Å². The van der Waals surface area contributed by atoms with Crippen molar-refractivity contribution < 1.29 is 4.74 Å². The fourth-order valence-corrected chi connectivity index (χ4v) is 2.58. The molecule has 0 saturated carbocycles. The number of ether oxygens (including phenoxy) is 1. The summed E-state index contributed by atoms with van der Waals surface area (Å²) in [5.41, 5.74) is 4.70. The van der Waals surface area contributed by atoms with Gasteiger partial charge in [-0.25, -0.2) is 0 Å². The van der Waals surface area contributed by atoms with E-state index in [0.717, 1.165) is 24.5 Å². The molecule has 23 heavy (non-hydrogen) atoms. The Balaban J connectivity index is 1.55. The van der Waals surface area contributed by atoms with Crippen molar-refractivity contribution in [3.05, 3.63) is 65.2 Å². The number of hydrogen-bond donors (Lipinski definition) is 1. The summed E-state index contributed by atoms with van der Waals surface area (Å²) in [7, 11) is 4.09. The lowest BCUT2D eigenvalue weighted by molar-refractivity contribution is 0.107. The Morgan fingerprint density at radius 1 is 1.04 bits per heavy atom. The first kappa shape index (κ1) is 15.6. The second-order valence-corrected chi connectivity index (χ2v) is 5.91. The summed E-state index contributed by atoms with van der Waals surface area (Å²) in [6, 6.07) is 16.8. The summed E-state index contributed by atoms with van der Waals surface area (Å²) in [4.78, 5) is 6.55. The minimum Gasteiger partial charge on any atom is -0.378 e. The highest BCUT2D eigenvalue weighted by Crippen LogP contribution is 2.14. The van der Waals surface area contributed by atoms with Gasteiger partial charge >= 0.3 is 0 Å². The first-order valence-corrected chi connectivity index (χ1v) is 7.94. The molecular formula is C19H23N3O. The standard InChI is InChI=1S/C19H23N3O/c1-22(2)18-8-6-15(7-9-18)13-23-14-16-4-3-5-17(12-16)19-20-10-11-21-19/h3-9,12H,10-11,13-14H2,1-2H3,(H,20,21). The molecule has 0 amide bonds. The molecular weight excluding hydrogens is 286 g/mol. The van der Waals surface area contributed by atoms with E-state index in [1.54, 1.807) is 0 Å². The molecule has 1 N–H and O–H groups in total. The molecule has 0 radical (unpaired) electrons. The molecule has 1 aliphatic rings. The lowest BCUT2D eigenvalue weighted by Crippen LogP contribution is -2.19. The molecule has 0 bridgehead atoms. The van der Waals surface area contributed by atoms with Crippen LogP contribution in [0.4, 0.5) is 5.69 Å². The van der Waals surface area contributed by atoms with Crippen LogP contribution in [-0.4, -0.2) is 33.0 Å². The maximum Gasteiger partial charge on any atom is 0.128 e. The summed E-state index contributed by atoms with van der Waals surface area (Å²) in [5, 5.41) is 3.30. The van der Waals surface area contributed by atoms with Crippen LogP contribution in [0.2, 0.25) is 0 Å². The molecule has 0 aliphatic carbocycles. The quantitative estimate of drug-likeness (QED) is 0.891. The second-order valence-electron chi connectivity index (χ2n) is 5.91. The van der Waals surface area contributed by atoms with Crippen LogP contribution >= 0.6 is 0 Å². The van der Waals surface area contributed by atoms with Crippen LogP contribution < -0.4 is 10.2 Å². The third-order valence-electron chi connectivity index (χ3n) is 3.86. The monoisotopic (exact) mass is 309 g/mol. The van der Waals surface area contributed by atoms with Gasteiger partial charge in [-0.2, -0.15) is 0 Å². The van der Waals surface area contributed by atoms with Crippen LogP contribution in [0, 0.1) is 0 Å². The van der Waals surface area contributed by atoms with E-state index < -0.39 is 0 Å². The van der Waals surface area contributed by atoms with Crippen molar-refractivity contribution in [3.8, 4) is 0 Å². The van der Waals surface area contributed by atoms with Gasteiger partial charge in [0, 0.05) is 31.9 Å². The van der Waals surface area contributed by atoms with Gasteiger partial charge in [0.2, 0.25) is 0 Å². The van der Waals surface area contributed by atoms with E-state index in [-0.39, 0.29) is 0 Å². The summed E-state index contributed by atoms with van der Waals surface area (Å²) in [6.07, 6.45) is 0. The average Bonchev–Trinajstić information content (AvgIpc) is 3.10. The highest BCUT2D eigenvalue weighted by atomic mass is 16.5. The van der Waals surface area contributed by atoms with E-state index in [0.29, 0.717) is 13.2 Å². The van der Waals surface area contributed by atoms with Crippen molar-refractivity contribution >= 4 is 11.5 Å². The Kier molecular flexibility index (Phi) is 4.93. The number of aliphatic imine (C=N–C) groups is 1. The molecule has 0 aromatic heterocycles. The summed E-state index contributed by atoms with van der Waals surface area (Å²) in [5.74, 6) is 0.992. The van der Waals surface area contributed by atoms with E-state index in [1.807, 2.05) is 14.1 Å². The van der Waals surface area contributed by atoms with Gasteiger partial charge in [0.15, 0.2) is 0 Å². The van der Waals surface area contributed by atoms with E-state index in [1.165, 1.54) is 16.8 Å². The van der Waals surface area contributed by atoms with Crippen LogP contribution in [-0.2, 0) is 18.0 Å². The average molecular weight is 309 g/mol. The third kappa shape index (κ3) is 4.11. The summed E-state index contributed by atoms with van der Waals surface area (Å²) < 4.78 is 5.85. The number of amidine groups is 1. The fourth-order valence-electron chi connectivity index (χ4n) is 2.58. The first-order chi connectivity index (χ1) is 11.2. The van der Waals surface area contributed by atoms with Gasteiger partial charge in [0.1, 0.15) is 5.84 Å². The van der Waals surface area contributed by atoms with Crippen molar-refractivity contribution in [3.63, 3.8) is 0 Å². The predicted octanol–water partition coefficient (Wildman–Crippen LogP) is 2.82. The van der Waals surface area contributed by atoms with Gasteiger partial charge < -0.3 is 15.0 Å². The molecule has 0 unspecified atom stereocenters. The van der Waals surface area contributed by atoms with Crippen LogP contribution in [0.25, 0.3) is 0 Å². The number of rotatable bonds is 6. The Bertz CT molecular complexity index is 677. The molecule has 2 aromatic rings. The Labute approximate surface area is 137 Å². The van der Waals surface area contributed by atoms with Gasteiger partial charge in [-0.15, -0.1) is 0 Å². The van der Waals surface area contributed by atoms with E-state index in [2.05, 4.69) is 63.7 Å². The minimum atomic E-state index is 0.608. The van der Waals surface area contributed by atoms with Gasteiger partial charge in [-0.1, -0.05) is 30.3 Å². The smallest absolute Gasteiger partial charge is 0.128 e. The normalized spacial score (nSPS) is 13.6. The van der Waals surface area contributed by atoms with Crippen LogP contribution in [0.1, 0.15) is 16.7 Å². The minimum absolute atomic E-state index is 0.608. The zero-order chi connectivity index (χ0) is 16.1. The molecule has 0 spiro atoms. The lowest BCUT2D eigenvalue weighted by Gasteiger charge is -2.13. The highest BCUT2D eigenvalue weighted by molar-refractivity contribution is 5.99. The molecule has 120 valence electrons. The van der Waals surface area contributed by atoms with Gasteiger partial charge in [-0.3, -0.25) is 4.99 Å². The molecule has 0 atom stereocenters. The second kappa shape index (κ2) is 7.29. The number of nitrogens with one attached hydrogen (secondary N) is 1. The maximum absolute atomic E-state index is 5.85. The van der Waals surface area contributed by atoms with Gasteiger partial charge in [0.25, 0.3) is 0 Å². The molecule has 0 saturated heterocycles. The van der Waals surface area contributed by atoms with Crippen LogP contribution in [0.3, 0.4) is 0 Å². The summed E-state index contributed by atoms with van der Waals surface area (Å²) >= 11 is 0. The van der Waals surface area contributed by atoms with Crippen LogP contribution in [0.5, 0.6) is 0 Å². The number of benzene rings is 2. The van der Waals surface area contributed by atoms with Crippen molar-refractivity contribution in [2.24, 2.45) is 4.99 Å². The van der Waals surface area contributed by atoms with Crippen LogP contribution in [0.15, 0.2) is 53.5 Å². The number of nitrogens with zero attached hydrogens (tertiary/aromatic N) is 2. The highest BCUT2D eigenvalue weighted by Gasteiger charge is 2.08. The predicted molar refractivity (Wildman–Crippen MR) is 95.1 cm³/mol. The maximum atomic E-state index is 5.85. The molecule has 4 heteroatoms. The van der Waals surface area contributed by atoms with Crippen molar-refractivity contribution in [2.75, 3.05) is 32.1 Å². The number of hydrogen-bond acceptors (Lipinski definition) is 4. The zero-order valence-corrected chi connectivity index (χ0v) is 13.7. The SMILES string of the molecule is CN(C)c1ccc(COCc2cccc(C3=NCCN3)c2)cc1. The van der Waals surface area contributed by atoms with Crippen molar-refractivity contribution in [1.29, 1.82) is 0 Å². The number of anilines is 1. The van der Waals surface area contributed by atoms with E-state index >= 15 is 0 Å². The van der Waals surface area contributed by atoms with E-state index in [9.17, 15) is 0 Å². The third-order valence-corrected chi connectivity index (χ3v) is 3.86. The molecule has 1 aliphatic heterocycles. The summed E-state index contributed by atoms with van der Waals surface area (Å²) in [6.45, 7) is 3.02. The first-order valence-electron chi connectivity index (χ1n) is 7.94. The Morgan fingerprint density at radius 2 is 1.83 bits per heavy atom. The largest absolute Gasteiger partial charge is 0.378 e. The van der Waals surface area contributed by atoms with E-state index in [4.69, 9.17) is 4.74 Å². The molecule has 2 aromatic carbocycles. The lowest BCUT2D eigenvalue weighted by atomic mass is 10.1. The molecule has 0 fully saturated rings.